The van der Waals surface area contributed by atoms with Gasteiger partial charge in [-0.25, -0.2) is 0 Å². The molecule has 0 aromatic rings. The molecule has 0 radical (unpaired) electrons. The van der Waals surface area contributed by atoms with Gasteiger partial charge >= 0.3 is 5.97 Å². The van der Waals surface area contributed by atoms with Crippen molar-refractivity contribution in [2.45, 2.75) is 69.6 Å². The van der Waals surface area contributed by atoms with Crippen LogP contribution in [0.3, 0.4) is 0 Å². The van der Waals surface area contributed by atoms with Crippen LogP contribution in [0, 0.1) is 17.8 Å². The van der Waals surface area contributed by atoms with E-state index in [0.717, 1.165) is 16.7 Å². The number of carbonyl (C=O) groups excluding carboxylic acids is 1. The van der Waals surface area contributed by atoms with Crippen LogP contribution in [0.25, 0.3) is 0 Å². The summed E-state index contributed by atoms with van der Waals surface area (Å²) in [5.41, 5.74) is 3.03. The molecule has 2 fully saturated rings. The molecule has 4 aliphatic rings. The van der Waals surface area contributed by atoms with Crippen LogP contribution in [0.2, 0.25) is 0 Å². The van der Waals surface area contributed by atoms with Gasteiger partial charge in [0.05, 0.1) is 25.2 Å². The highest BCUT2D eigenvalue weighted by molar-refractivity contribution is 5.75. The van der Waals surface area contributed by atoms with Crippen molar-refractivity contribution in [1.82, 2.24) is 0 Å². The lowest BCUT2D eigenvalue weighted by atomic mass is 9.79. The number of allylic oxidation sites excluding steroid dienone is 1. The first-order valence-corrected chi connectivity index (χ1v) is 10.4. The third kappa shape index (κ3) is 3.52. The van der Waals surface area contributed by atoms with Gasteiger partial charge in [-0.05, 0) is 25.3 Å². The predicted octanol–water partition coefficient (Wildman–Crippen LogP) is -0.992. The Morgan fingerprint density at radius 1 is 1.17 bits per heavy atom. The molecule has 0 bridgehead atoms. The Hall–Kier alpha value is -1.33. The number of fused-ring (bicyclic) bond motifs is 3. The summed E-state index contributed by atoms with van der Waals surface area (Å²) in [7, 11) is 0. The minimum absolute atomic E-state index is 0.0510. The molecule has 2 aliphatic heterocycles. The lowest BCUT2D eigenvalue weighted by Gasteiger charge is -2.39. The van der Waals surface area contributed by atoms with Crippen molar-refractivity contribution in [1.29, 1.82) is 0 Å². The Morgan fingerprint density at radius 3 is 2.60 bits per heavy atom. The maximum absolute atomic E-state index is 12.2. The van der Waals surface area contributed by atoms with Gasteiger partial charge in [0, 0.05) is 11.8 Å². The molecule has 5 N–H and O–H groups in total. The zero-order valence-electron chi connectivity index (χ0n) is 17.0. The Morgan fingerprint density at radius 2 is 1.90 bits per heavy atom. The van der Waals surface area contributed by atoms with Crippen molar-refractivity contribution in [2.24, 2.45) is 17.8 Å². The van der Waals surface area contributed by atoms with Crippen molar-refractivity contribution in [2.75, 3.05) is 13.2 Å². The third-order valence-corrected chi connectivity index (χ3v) is 7.04. The second-order valence-electron chi connectivity index (χ2n) is 8.81. The van der Waals surface area contributed by atoms with Crippen LogP contribution in [0.15, 0.2) is 22.8 Å². The molecular weight excluding hydrogens is 396 g/mol. The summed E-state index contributed by atoms with van der Waals surface area (Å²) in [6, 6.07) is 0. The Kier molecular flexibility index (Phi) is 6.06. The van der Waals surface area contributed by atoms with E-state index < -0.39 is 55.4 Å². The van der Waals surface area contributed by atoms with Crippen LogP contribution >= 0.6 is 0 Å². The Bertz CT molecular complexity index is 745. The SMILES string of the molecule is CC1=C2CC=C(CO[C@H]3O[C@@H](CO)[C@H](O)[C@@H](O)[C@@H]3O)[C@@H]2[C@H]2OC(=O)[C@@H](C)[C@@H]2[C@@H](O)C1. The van der Waals surface area contributed by atoms with Crippen molar-refractivity contribution in [3.05, 3.63) is 22.8 Å². The minimum Gasteiger partial charge on any atom is -0.461 e. The molecule has 10 atom stereocenters. The molecule has 0 unspecified atom stereocenters. The fourth-order valence-corrected chi connectivity index (χ4v) is 5.28. The zero-order chi connectivity index (χ0) is 21.7. The molecule has 9 heteroatoms. The summed E-state index contributed by atoms with van der Waals surface area (Å²) in [6.07, 6.45) is -4.71. The second-order valence-corrected chi connectivity index (χ2v) is 8.81. The maximum Gasteiger partial charge on any atom is 0.309 e. The molecule has 0 aromatic carbocycles. The number of rotatable bonds is 4. The van der Waals surface area contributed by atoms with E-state index in [1.807, 2.05) is 13.0 Å². The van der Waals surface area contributed by atoms with Crippen LogP contribution < -0.4 is 0 Å². The van der Waals surface area contributed by atoms with Crippen LogP contribution in [0.4, 0.5) is 0 Å². The van der Waals surface area contributed by atoms with Crippen molar-refractivity contribution in [3.63, 3.8) is 0 Å². The second kappa shape index (κ2) is 8.31. The van der Waals surface area contributed by atoms with Crippen LogP contribution in [0.5, 0.6) is 0 Å². The monoisotopic (exact) mass is 426 g/mol. The quantitative estimate of drug-likeness (QED) is 0.282. The predicted molar refractivity (Wildman–Crippen MR) is 102 cm³/mol. The van der Waals surface area contributed by atoms with Crippen LogP contribution in [0.1, 0.15) is 26.7 Å². The first kappa shape index (κ1) is 21.9. The highest BCUT2D eigenvalue weighted by Gasteiger charge is 2.53. The molecule has 2 saturated heterocycles. The highest BCUT2D eigenvalue weighted by Crippen LogP contribution is 2.49. The van der Waals surface area contributed by atoms with E-state index in [9.17, 15) is 30.3 Å². The molecule has 4 rings (SSSR count). The molecule has 0 spiro atoms. The van der Waals surface area contributed by atoms with Crippen molar-refractivity contribution < 1.29 is 44.5 Å². The summed E-state index contributed by atoms with van der Waals surface area (Å²) >= 11 is 0. The summed E-state index contributed by atoms with van der Waals surface area (Å²) in [5.74, 6) is -1.25. The van der Waals surface area contributed by atoms with Crippen LogP contribution in [-0.4, -0.2) is 87.6 Å². The number of ether oxygens (including phenoxy) is 3. The summed E-state index contributed by atoms with van der Waals surface area (Å²) in [5, 5.41) is 50.1. The van der Waals surface area contributed by atoms with Gasteiger partial charge in [0.1, 0.15) is 30.5 Å². The number of esters is 1. The molecule has 2 aliphatic carbocycles. The van der Waals surface area contributed by atoms with Gasteiger partial charge in [0.25, 0.3) is 0 Å². The molecule has 30 heavy (non-hydrogen) atoms. The molecule has 2 heterocycles. The van der Waals surface area contributed by atoms with Gasteiger partial charge in [-0.1, -0.05) is 24.1 Å². The summed E-state index contributed by atoms with van der Waals surface area (Å²) in [6.45, 7) is 3.28. The fraction of sp³-hybridized carbons (Fsp3) is 0.762. The number of hydrogen-bond acceptors (Lipinski definition) is 9. The number of hydrogen-bond donors (Lipinski definition) is 5. The lowest BCUT2D eigenvalue weighted by Crippen LogP contribution is -2.59. The average molecular weight is 426 g/mol. The van der Waals surface area contributed by atoms with Crippen molar-refractivity contribution in [3.8, 4) is 0 Å². The van der Waals surface area contributed by atoms with E-state index in [4.69, 9.17) is 14.2 Å². The van der Waals surface area contributed by atoms with E-state index in [1.165, 1.54) is 0 Å². The number of aliphatic hydroxyl groups is 5. The molecular formula is C21H30O9. The summed E-state index contributed by atoms with van der Waals surface area (Å²) in [4.78, 5) is 12.2. The number of aliphatic hydroxyl groups excluding tert-OH is 5. The normalized spacial score (nSPS) is 46.2. The first-order valence-electron chi connectivity index (χ1n) is 10.4. The average Bonchev–Trinajstić information content (AvgIpc) is 3.23. The van der Waals surface area contributed by atoms with Crippen molar-refractivity contribution >= 4 is 5.97 Å². The van der Waals surface area contributed by atoms with Gasteiger partial charge in [-0.2, -0.15) is 0 Å². The zero-order valence-corrected chi connectivity index (χ0v) is 17.0. The van der Waals surface area contributed by atoms with E-state index in [-0.39, 0.29) is 24.4 Å². The largest absolute Gasteiger partial charge is 0.461 e. The Balaban J connectivity index is 1.52. The van der Waals surface area contributed by atoms with Gasteiger partial charge in [-0.15, -0.1) is 0 Å². The van der Waals surface area contributed by atoms with E-state index in [1.54, 1.807) is 6.92 Å². The lowest BCUT2D eigenvalue weighted by molar-refractivity contribution is -0.299. The summed E-state index contributed by atoms with van der Waals surface area (Å²) < 4.78 is 16.8. The van der Waals surface area contributed by atoms with Gasteiger partial charge in [0.2, 0.25) is 0 Å². The van der Waals surface area contributed by atoms with Gasteiger partial charge < -0.3 is 39.7 Å². The molecule has 0 aromatic heterocycles. The van der Waals surface area contributed by atoms with E-state index in [2.05, 4.69) is 0 Å². The maximum atomic E-state index is 12.2. The third-order valence-electron chi connectivity index (χ3n) is 7.04. The van der Waals surface area contributed by atoms with E-state index >= 15 is 0 Å². The van der Waals surface area contributed by atoms with Crippen LogP contribution in [-0.2, 0) is 19.0 Å². The minimum atomic E-state index is -1.51. The standard InChI is InChI=1S/C21H30O9/c1-8-5-12(23)14-9(2)20(27)30-19(14)15-10(3-4-11(8)15)7-28-21-18(26)17(25)16(24)13(6-22)29-21/h3,9,12-19,21-26H,4-7H2,1-2H3/t9-,12-,13-,14+,15-,16-,17+,18-,19-,21-/m0/s1. The smallest absolute Gasteiger partial charge is 0.309 e. The fourth-order valence-electron chi connectivity index (χ4n) is 5.28. The molecule has 0 saturated carbocycles. The first-order chi connectivity index (χ1) is 14.2. The molecule has 168 valence electrons. The van der Waals surface area contributed by atoms with E-state index in [0.29, 0.717) is 12.8 Å². The van der Waals surface area contributed by atoms with Gasteiger partial charge in [0.15, 0.2) is 6.29 Å². The molecule has 9 nitrogen and oxygen atoms in total. The topological polar surface area (TPSA) is 146 Å². The Labute approximate surface area is 174 Å². The highest BCUT2D eigenvalue weighted by atomic mass is 16.7. The van der Waals surface area contributed by atoms with Gasteiger partial charge in [-0.3, -0.25) is 4.79 Å². The molecule has 0 amide bonds. The number of carbonyl (C=O) groups is 1.